The van der Waals surface area contributed by atoms with Crippen LogP contribution in [0.2, 0.25) is 0 Å². The van der Waals surface area contributed by atoms with Gasteiger partial charge in [0.15, 0.2) is 18.0 Å². The van der Waals surface area contributed by atoms with E-state index < -0.39 is 104 Å². The Kier molecular flexibility index (Phi) is 15.4. The van der Waals surface area contributed by atoms with Crippen molar-refractivity contribution in [3.63, 3.8) is 0 Å². The summed E-state index contributed by atoms with van der Waals surface area (Å²) in [5.41, 5.74) is 0.538. The third kappa shape index (κ3) is 11.7. The van der Waals surface area contributed by atoms with Gasteiger partial charge in [0, 0.05) is 0 Å². The molecule has 0 radical (unpaired) electrons. The zero-order chi connectivity index (χ0) is 48.9. The Labute approximate surface area is 400 Å². The number of hydrogen-bond donors (Lipinski definition) is 0. The molecular weight excluding hydrogens is 905 g/mol. The molecule has 16 nitrogen and oxygen atoms in total. The molecule has 6 aromatic carbocycles. The molecule has 0 bridgehead atoms. The average molecular weight is 947 g/mol. The normalized spacial score (nSPS) is 20.5. The van der Waals surface area contributed by atoms with Crippen LogP contribution >= 0.6 is 0 Å². The summed E-state index contributed by atoms with van der Waals surface area (Å²) >= 11 is 0. The van der Waals surface area contributed by atoms with Crippen LogP contribution in [0, 0.1) is 0 Å². The van der Waals surface area contributed by atoms with Gasteiger partial charge in [0.05, 0.1) is 33.4 Å². The van der Waals surface area contributed by atoms with E-state index in [0.717, 1.165) is 6.08 Å². The maximum Gasteiger partial charge on any atom is 0.343 e. The Morgan fingerprint density at radius 3 is 1.30 bits per heavy atom. The fraction of sp³-hybridized carbons (Fsp3) is 0.167. The van der Waals surface area contributed by atoms with E-state index in [4.69, 9.17) is 42.6 Å². The lowest BCUT2D eigenvalue weighted by atomic mass is 10.0. The number of benzene rings is 6. The highest BCUT2D eigenvalue weighted by Crippen LogP contribution is 2.41. The van der Waals surface area contributed by atoms with Gasteiger partial charge in [-0.25, -0.2) is 28.8 Å². The molecule has 0 aromatic heterocycles. The minimum absolute atomic E-state index is 0.00750. The Morgan fingerprint density at radius 2 is 0.843 bits per heavy atom. The van der Waals surface area contributed by atoms with Crippen molar-refractivity contribution >= 4 is 41.6 Å². The largest absolute Gasteiger partial charge is 0.459 e. The number of rotatable bonds is 17. The van der Waals surface area contributed by atoms with Crippen molar-refractivity contribution in [2.45, 2.75) is 36.5 Å². The molecule has 0 aliphatic carbocycles. The van der Waals surface area contributed by atoms with Gasteiger partial charge in [0.1, 0.15) is 32.0 Å². The van der Waals surface area contributed by atoms with Crippen LogP contribution in [0.15, 0.2) is 194 Å². The fourth-order valence-electron chi connectivity index (χ4n) is 7.28. The van der Waals surface area contributed by atoms with E-state index in [1.807, 2.05) is 0 Å². The van der Waals surface area contributed by atoms with E-state index in [-0.39, 0.29) is 33.4 Å². The van der Waals surface area contributed by atoms with Crippen LogP contribution in [0.4, 0.5) is 0 Å². The number of esters is 6. The average Bonchev–Trinajstić information content (AvgIpc) is 3.68. The molecule has 0 N–H and O–H groups in total. The Balaban J connectivity index is 1.21. The highest BCUT2D eigenvalue weighted by molar-refractivity contribution is 6.01. The van der Waals surface area contributed by atoms with Gasteiger partial charge in [-0.1, -0.05) is 109 Å². The molecule has 2 aliphatic rings. The van der Waals surface area contributed by atoms with Gasteiger partial charge >= 0.3 is 35.8 Å². The number of carbonyl (C=O) groups excluding carboxylic acids is 7. The van der Waals surface area contributed by atoms with Gasteiger partial charge in [-0.2, -0.15) is 0 Å². The molecule has 0 spiro atoms. The Hall–Kier alpha value is -8.57. The molecule has 0 unspecified atom stereocenters. The minimum atomic E-state index is -2.70. The summed E-state index contributed by atoms with van der Waals surface area (Å²) in [5.74, 6) is -9.87. The SMILES string of the molecule is O=C(OC[C@@H]1C=C(OC(=O)c2ccccc2)C(=O)[C@@H](O[C@]2(COC(=O)c3ccccc3)O[C@H](COC(=O)c3ccccc3)[C@@H](OC(=O)c3ccccc3)[C@@H]2OC(=O)c2ccccc2)O1)c1ccccc1. The maximum absolute atomic E-state index is 14.6. The topological polar surface area (TPSA) is 203 Å². The first kappa shape index (κ1) is 47.9. The molecule has 16 heteroatoms. The highest BCUT2D eigenvalue weighted by Gasteiger charge is 2.64. The fourth-order valence-corrected chi connectivity index (χ4v) is 7.28. The Morgan fingerprint density at radius 1 is 0.457 bits per heavy atom. The van der Waals surface area contributed by atoms with Crippen LogP contribution < -0.4 is 0 Å². The molecule has 6 atom stereocenters. The molecule has 1 saturated heterocycles. The van der Waals surface area contributed by atoms with Gasteiger partial charge in [-0.3, -0.25) is 4.79 Å². The van der Waals surface area contributed by atoms with Crippen LogP contribution in [0.1, 0.15) is 62.1 Å². The molecule has 2 heterocycles. The lowest BCUT2D eigenvalue weighted by Gasteiger charge is -2.37. The summed E-state index contributed by atoms with van der Waals surface area (Å²) in [4.78, 5) is 96.6. The number of hydrogen-bond acceptors (Lipinski definition) is 16. The van der Waals surface area contributed by atoms with Gasteiger partial charge in [0.25, 0.3) is 5.78 Å². The first-order valence-corrected chi connectivity index (χ1v) is 21.8. The summed E-state index contributed by atoms with van der Waals surface area (Å²) in [5, 5.41) is 0. The number of ether oxygens (including phenoxy) is 9. The summed E-state index contributed by atoms with van der Waals surface area (Å²) in [6.07, 6.45) is -7.80. The van der Waals surface area contributed by atoms with Crippen molar-refractivity contribution in [3.8, 4) is 0 Å². The summed E-state index contributed by atoms with van der Waals surface area (Å²) in [6, 6.07) is 46.8. The quantitative estimate of drug-likeness (QED) is 0.0658. The Bertz CT molecular complexity index is 2820. The van der Waals surface area contributed by atoms with Gasteiger partial charge in [0.2, 0.25) is 12.1 Å². The van der Waals surface area contributed by atoms with E-state index in [1.165, 1.54) is 72.8 Å². The maximum atomic E-state index is 14.6. The van der Waals surface area contributed by atoms with Crippen molar-refractivity contribution in [3.05, 3.63) is 227 Å². The zero-order valence-electron chi connectivity index (χ0n) is 36.9. The molecule has 2 aliphatic heterocycles. The standard InChI is InChI=1S/C54H42O16/c55-44-42(66-50(59)38-25-13-4-14-26-38)31-41(32-62-47(56)35-19-7-1-8-20-35)65-53(44)70-54(34-64-49(58)37-23-11-3-12-24-37)46(68-52(61)40-29-17-6-18-30-40)45(67-51(60)39-27-15-5-16-28-39)43(69-54)33-63-48(57)36-21-9-2-10-22-36/h1-31,41,43,45-46,53H,32-34H2/t41-,43+,45+,46-,53+,54-/m0/s1. The molecule has 0 saturated carbocycles. The summed E-state index contributed by atoms with van der Waals surface area (Å²) < 4.78 is 54.2. The molecule has 0 amide bonds. The number of Topliss-reactive ketones (excluding diaryl/α,β-unsaturated/α-hetero) is 1. The van der Waals surface area contributed by atoms with Crippen molar-refractivity contribution in [1.82, 2.24) is 0 Å². The lowest BCUT2D eigenvalue weighted by molar-refractivity contribution is -0.329. The number of carbonyl (C=O) groups is 7. The molecule has 6 aromatic rings. The van der Waals surface area contributed by atoms with E-state index in [0.29, 0.717) is 0 Å². The lowest BCUT2D eigenvalue weighted by Crippen LogP contribution is -2.56. The first-order chi connectivity index (χ1) is 34.1. The van der Waals surface area contributed by atoms with E-state index >= 15 is 0 Å². The number of ketones is 1. The van der Waals surface area contributed by atoms with E-state index in [9.17, 15) is 33.6 Å². The van der Waals surface area contributed by atoms with Crippen molar-refractivity contribution < 1.29 is 76.2 Å². The monoisotopic (exact) mass is 946 g/mol. The van der Waals surface area contributed by atoms with E-state index in [1.54, 1.807) is 109 Å². The third-order valence-corrected chi connectivity index (χ3v) is 10.7. The summed E-state index contributed by atoms with van der Waals surface area (Å²) in [7, 11) is 0. The van der Waals surface area contributed by atoms with Crippen LogP contribution in [0.3, 0.4) is 0 Å². The van der Waals surface area contributed by atoms with Crippen molar-refractivity contribution in [2.24, 2.45) is 0 Å². The highest BCUT2D eigenvalue weighted by atomic mass is 16.8. The molecule has 354 valence electrons. The zero-order valence-corrected chi connectivity index (χ0v) is 36.9. The summed E-state index contributed by atoms with van der Waals surface area (Å²) in [6.45, 7) is -2.28. The van der Waals surface area contributed by atoms with Crippen LogP contribution in [0.25, 0.3) is 0 Å². The molecular formula is C54H42O16. The van der Waals surface area contributed by atoms with Crippen molar-refractivity contribution in [2.75, 3.05) is 19.8 Å². The molecule has 70 heavy (non-hydrogen) atoms. The van der Waals surface area contributed by atoms with Gasteiger partial charge in [-0.05, 0) is 78.9 Å². The van der Waals surface area contributed by atoms with Crippen LogP contribution in [-0.2, 0) is 47.4 Å². The second-order valence-corrected chi connectivity index (χ2v) is 15.5. The van der Waals surface area contributed by atoms with Gasteiger partial charge in [-0.15, -0.1) is 0 Å². The predicted octanol–water partition coefficient (Wildman–Crippen LogP) is 7.16. The van der Waals surface area contributed by atoms with Crippen molar-refractivity contribution in [1.29, 1.82) is 0 Å². The predicted molar refractivity (Wildman–Crippen MR) is 244 cm³/mol. The minimum Gasteiger partial charge on any atom is -0.459 e. The smallest absolute Gasteiger partial charge is 0.343 e. The molecule has 1 fully saturated rings. The van der Waals surface area contributed by atoms with Gasteiger partial charge < -0.3 is 42.6 Å². The first-order valence-electron chi connectivity index (χ1n) is 21.8. The third-order valence-electron chi connectivity index (χ3n) is 10.7. The van der Waals surface area contributed by atoms with E-state index in [2.05, 4.69) is 0 Å². The molecule has 8 rings (SSSR count). The van der Waals surface area contributed by atoms with Crippen LogP contribution in [-0.4, -0.2) is 97.9 Å². The second-order valence-electron chi connectivity index (χ2n) is 15.5. The second kappa shape index (κ2) is 22.5. The van der Waals surface area contributed by atoms with Crippen LogP contribution in [0.5, 0.6) is 0 Å².